The Morgan fingerprint density at radius 3 is 2.50 bits per heavy atom. The van der Waals surface area contributed by atoms with Crippen LogP contribution in [0.5, 0.6) is 0 Å². The molecule has 1 atom stereocenters. The number of pyridine rings is 1. The van der Waals surface area contributed by atoms with Gasteiger partial charge in [0, 0.05) is 25.5 Å². The van der Waals surface area contributed by atoms with Crippen LogP contribution in [0.1, 0.15) is 37.7 Å². The second-order valence-corrected chi connectivity index (χ2v) is 5.23. The van der Waals surface area contributed by atoms with Gasteiger partial charge in [-0.2, -0.15) is 0 Å². The van der Waals surface area contributed by atoms with Gasteiger partial charge >= 0.3 is 0 Å². The maximum Gasteiger partial charge on any atom is 0.0834 e. The minimum Gasteiger partial charge on any atom is -0.377 e. The molecule has 1 heterocycles. The number of likely N-dealkylation sites (N-methyl/N-ethyl adjacent to an activating group) is 1. The third-order valence-corrected chi connectivity index (χ3v) is 4.28. The Hall–Kier alpha value is -0.930. The molecular weight excluding hydrogens is 224 g/mol. The summed E-state index contributed by atoms with van der Waals surface area (Å²) in [6.07, 6.45) is 11.0. The molecule has 1 saturated carbocycles. The predicted molar refractivity (Wildman–Crippen MR) is 73.6 cm³/mol. The number of rotatable bonds is 5. The van der Waals surface area contributed by atoms with Crippen molar-refractivity contribution < 1.29 is 4.74 Å². The van der Waals surface area contributed by atoms with Crippen LogP contribution < -0.4 is 5.32 Å². The highest BCUT2D eigenvalue weighted by Crippen LogP contribution is 2.35. The minimum absolute atomic E-state index is 0.0102. The molecule has 0 amide bonds. The fourth-order valence-electron chi connectivity index (χ4n) is 3.15. The molecule has 3 nitrogen and oxygen atoms in total. The average Bonchev–Trinajstić information content (AvgIpc) is 2.46. The van der Waals surface area contributed by atoms with E-state index in [4.69, 9.17) is 4.74 Å². The Morgan fingerprint density at radius 1 is 1.28 bits per heavy atom. The van der Waals surface area contributed by atoms with Crippen LogP contribution in [0.15, 0.2) is 24.5 Å². The number of nitrogens with one attached hydrogen (secondary N) is 1. The molecule has 1 N–H and O–H groups in total. The van der Waals surface area contributed by atoms with Crippen LogP contribution in [0.2, 0.25) is 0 Å². The van der Waals surface area contributed by atoms with E-state index in [0.717, 1.165) is 6.42 Å². The fourth-order valence-corrected chi connectivity index (χ4v) is 3.15. The van der Waals surface area contributed by atoms with Gasteiger partial charge in [0.2, 0.25) is 0 Å². The van der Waals surface area contributed by atoms with E-state index in [0.29, 0.717) is 6.04 Å². The lowest BCUT2D eigenvalue weighted by Crippen LogP contribution is -2.53. The summed E-state index contributed by atoms with van der Waals surface area (Å²) in [7, 11) is 3.91. The third kappa shape index (κ3) is 2.90. The monoisotopic (exact) mass is 248 g/mol. The van der Waals surface area contributed by atoms with E-state index >= 15 is 0 Å². The smallest absolute Gasteiger partial charge is 0.0834 e. The van der Waals surface area contributed by atoms with E-state index in [1.165, 1.54) is 37.7 Å². The summed E-state index contributed by atoms with van der Waals surface area (Å²) in [6, 6.07) is 4.57. The lowest BCUT2D eigenvalue weighted by atomic mass is 9.77. The Balaban J connectivity index is 2.11. The molecule has 100 valence electrons. The number of nitrogens with zero attached hydrogens (tertiary/aromatic N) is 1. The minimum atomic E-state index is 0.0102. The van der Waals surface area contributed by atoms with Gasteiger partial charge < -0.3 is 10.1 Å². The van der Waals surface area contributed by atoms with Crippen LogP contribution >= 0.6 is 0 Å². The summed E-state index contributed by atoms with van der Waals surface area (Å²) in [5.41, 5.74) is 1.34. The quantitative estimate of drug-likeness (QED) is 0.869. The molecule has 1 unspecified atom stereocenters. The molecule has 1 aromatic heterocycles. The van der Waals surface area contributed by atoms with Crippen molar-refractivity contribution in [2.75, 3.05) is 14.2 Å². The molecule has 1 aliphatic rings. The van der Waals surface area contributed by atoms with Gasteiger partial charge in [0.1, 0.15) is 0 Å². The van der Waals surface area contributed by atoms with E-state index in [1.54, 1.807) is 0 Å². The maximum atomic E-state index is 5.93. The highest BCUT2D eigenvalue weighted by atomic mass is 16.5. The SMILES string of the molecule is CNC(Cc1ccncc1)C1(OC)CCCCC1. The molecule has 2 rings (SSSR count). The van der Waals surface area contributed by atoms with E-state index in [-0.39, 0.29) is 5.60 Å². The highest BCUT2D eigenvalue weighted by Gasteiger charge is 2.39. The van der Waals surface area contributed by atoms with Crippen molar-refractivity contribution in [2.24, 2.45) is 0 Å². The van der Waals surface area contributed by atoms with Gasteiger partial charge in [-0.15, -0.1) is 0 Å². The topological polar surface area (TPSA) is 34.2 Å². The Labute approximate surface area is 110 Å². The van der Waals surface area contributed by atoms with Crippen molar-refractivity contribution >= 4 is 0 Å². The van der Waals surface area contributed by atoms with Crippen LogP contribution in [0.25, 0.3) is 0 Å². The number of ether oxygens (including phenoxy) is 1. The van der Waals surface area contributed by atoms with Gasteiger partial charge in [0.15, 0.2) is 0 Å². The zero-order valence-electron chi connectivity index (χ0n) is 11.5. The van der Waals surface area contributed by atoms with Crippen LogP contribution in [-0.2, 0) is 11.2 Å². The van der Waals surface area contributed by atoms with Crippen molar-refractivity contribution in [3.63, 3.8) is 0 Å². The van der Waals surface area contributed by atoms with Crippen LogP contribution in [0.3, 0.4) is 0 Å². The summed E-state index contributed by atoms with van der Waals surface area (Å²) in [6.45, 7) is 0. The average molecular weight is 248 g/mol. The molecule has 0 spiro atoms. The maximum absolute atomic E-state index is 5.93. The van der Waals surface area contributed by atoms with Gasteiger partial charge in [-0.3, -0.25) is 4.98 Å². The van der Waals surface area contributed by atoms with Gasteiger partial charge in [-0.1, -0.05) is 19.3 Å². The zero-order chi connectivity index (χ0) is 12.8. The molecule has 1 fully saturated rings. The zero-order valence-corrected chi connectivity index (χ0v) is 11.5. The van der Waals surface area contributed by atoms with Crippen LogP contribution in [0.4, 0.5) is 0 Å². The van der Waals surface area contributed by atoms with Crippen molar-refractivity contribution in [3.05, 3.63) is 30.1 Å². The predicted octanol–water partition coefficient (Wildman–Crippen LogP) is 2.56. The molecule has 0 saturated heterocycles. The Morgan fingerprint density at radius 2 is 1.94 bits per heavy atom. The first-order chi connectivity index (χ1) is 8.80. The standard InChI is InChI=1S/C15H24N2O/c1-16-14(12-13-6-10-17-11-7-13)15(18-2)8-4-3-5-9-15/h6-7,10-11,14,16H,3-5,8-9,12H2,1-2H3. The summed E-state index contributed by atoms with van der Waals surface area (Å²) in [4.78, 5) is 4.08. The van der Waals surface area contributed by atoms with E-state index in [9.17, 15) is 0 Å². The van der Waals surface area contributed by atoms with E-state index in [1.807, 2.05) is 26.6 Å². The fraction of sp³-hybridized carbons (Fsp3) is 0.667. The summed E-state index contributed by atoms with van der Waals surface area (Å²) in [5.74, 6) is 0. The molecular formula is C15H24N2O. The van der Waals surface area contributed by atoms with Crippen molar-refractivity contribution in [1.29, 1.82) is 0 Å². The molecule has 0 radical (unpaired) electrons. The van der Waals surface area contributed by atoms with Crippen molar-refractivity contribution in [1.82, 2.24) is 10.3 Å². The van der Waals surface area contributed by atoms with Crippen LogP contribution in [-0.4, -0.2) is 30.8 Å². The summed E-state index contributed by atoms with van der Waals surface area (Å²) in [5, 5.41) is 3.47. The first kappa shape index (κ1) is 13.5. The molecule has 1 aromatic rings. The number of methoxy groups -OCH3 is 1. The second-order valence-electron chi connectivity index (χ2n) is 5.23. The van der Waals surface area contributed by atoms with Gasteiger partial charge in [-0.05, 0) is 44.0 Å². The van der Waals surface area contributed by atoms with Crippen LogP contribution in [0, 0.1) is 0 Å². The summed E-state index contributed by atoms with van der Waals surface area (Å²) >= 11 is 0. The van der Waals surface area contributed by atoms with Crippen molar-refractivity contribution in [3.8, 4) is 0 Å². The van der Waals surface area contributed by atoms with E-state index < -0.39 is 0 Å². The molecule has 0 aliphatic heterocycles. The molecule has 1 aliphatic carbocycles. The first-order valence-corrected chi connectivity index (χ1v) is 6.92. The normalized spacial score (nSPS) is 20.6. The highest BCUT2D eigenvalue weighted by molar-refractivity contribution is 5.13. The number of aromatic nitrogens is 1. The second kappa shape index (κ2) is 6.30. The molecule has 0 bridgehead atoms. The Bertz CT molecular complexity index is 347. The Kier molecular flexibility index (Phi) is 4.72. The first-order valence-electron chi connectivity index (χ1n) is 6.92. The van der Waals surface area contributed by atoms with Crippen molar-refractivity contribution in [2.45, 2.75) is 50.2 Å². The number of hydrogen-bond donors (Lipinski definition) is 1. The number of hydrogen-bond acceptors (Lipinski definition) is 3. The van der Waals surface area contributed by atoms with E-state index in [2.05, 4.69) is 22.4 Å². The van der Waals surface area contributed by atoms with Gasteiger partial charge in [-0.25, -0.2) is 0 Å². The lowest BCUT2D eigenvalue weighted by Gasteiger charge is -2.42. The molecule has 3 heteroatoms. The third-order valence-electron chi connectivity index (χ3n) is 4.28. The largest absolute Gasteiger partial charge is 0.377 e. The molecule has 18 heavy (non-hydrogen) atoms. The van der Waals surface area contributed by atoms with Gasteiger partial charge in [0.05, 0.1) is 5.60 Å². The molecule has 0 aromatic carbocycles. The summed E-state index contributed by atoms with van der Waals surface area (Å²) < 4.78 is 5.93. The lowest BCUT2D eigenvalue weighted by molar-refractivity contribution is -0.0657. The van der Waals surface area contributed by atoms with Gasteiger partial charge in [0.25, 0.3) is 0 Å².